The van der Waals surface area contributed by atoms with E-state index in [-0.39, 0.29) is 22.9 Å². The third-order valence-electron chi connectivity index (χ3n) is 4.68. The summed E-state index contributed by atoms with van der Waals surface area (Å²) in [5.74, 6) is 0.648. The van der Waals surface area contributed by atoms with Crippen molar-refractivity contribution in [2.45, 2.75) is 0 Å². The van der Waals surface area contributed by atoms with Crippen molar-refractivity contribution in [1.82, 2.24) is 14.3 Å². The van der Waals surface area contributed by atoms with Gasteiger partial charge in [0.05, 0.1) is 25.2 Å². The summed E-state index contributed by atoms with van der Waals surface area (Å²) in [6.45, 7) is 0.681. The van der Waals surface area contributed by atoms with Crippen molar-refractivity contribution in [2.24, 2.45) is 0 Å². The number of ether oxygens (including phenoxy) is 3. The van der Waals surface area contributed by atoms with Crippen molar-refractivity contribution in [1.29, 1.82) is 0 Å². The van der Waals surface area contributed by atoms with Gasteiger partial charge in [-0.25, -0.2) is 0 Å². The van der Waals surface area contributed by atoms with Crippen LogP contribution in [0.15, 0.2) is 58.4 Å². The minimum absolute atomic E-state index is 0.0628. The lowest BCUT2D eigenvalue weighted by Crippen LogP contribution is -2.31. The zero-order valence-electron chi connectivity index (χ0n) is 17.3. The molecule has 4 rings (SSSR count). The average Bonchev–Trinajstić information content (AvgIpc) is 3.07. The van der Waals surface area contributed by atoms with Gasteiger partial charge in [0.15, 0.2) is 11.5 Å². The summed E-state index contributed by atoms with van der Waals surface area (Å²) < 4.78 is 18.2. The number of carbonyl (C=O) groups excluding carboxylic acids is 1. The summed E-state index contributed by atoms with van der Waals surface area (Å²) in [5.41, 5.74) is 0.168. The highest BCUT2D eigenvalue weighted by Gasteiger charge is 2.32. The van der Waals surface area contributed by atoms with Crippen molar-refractivity contribution in [2.75, 3.05) is 27.4 Å². The number of thioether (sulfide) groups is 1. The van der Waals surface area contributed by atoms with Crippen LogP contribution in [0.2, 0.25) is 0 Å². The number of amides is 1. The van der Waals surface area contributed by atoms with E-state index in [1.807, 2.05) is 0 Å². The molecule has 8 nitrogen and oxygen atoms in total. The highest BCUT2D eigenvalue weighted by atomic mass is 32.2. The maximum atomic E-state index is 13.3. The molecule has 0 N–H and O–H groups in total. The van der Waals surface area contributed by atoms with Crippen molar-refractivity contribution >= 4 is 45.9 Å². The second-order valence-corrected chi connectivity index (χ2v) is 8.32. The summed E-state index contributed by atoms with van der Waals surface area (Å²) in [6.07, 6.45) is 3.09. The number of fused-ring (bicyclic) bond motifs is 1. The molecule has 1 aromatic carbocycles. The molecule has 0 atom stereocenters. The first-order valence-corrected chi connectivity index (χ1v) is 10.8. The van der Waals surface area contributed by atoms with E-state index in [1.165, 1.54) is 22.5 Å². The molecule has 0 saturated carbocycles. The minimum Gasteiger partial charge on any atom is -0.493 e. The lowest BCUT2D eigenvalue weighted by atomic mass is 10.2. The standard InChI is InChI=1S/C22H19N3O5S2/c1-28-12-11-25-21(27)17(32-22(25)31)13-14-19(30-16-8-4-3-7-15(16)29-2)23-18-9-5-6-10-24(18)20(14)26/h3-10,13H,11-12H2,1-2H3. The summed E-state index contributed by atoms with van der Waals surface area (Å²) in [4.78, 5) is 32.5. The molecule has 164 valence electrons. The Hall–Kier alpha value is -3.21. The Morgan fingerprint density at radius 2 is 1.84 bits per heavy atom. The smallest absolute Gasteiger partial charge is 0.269 e. The van der Waals surface area contributed by atoms with Crippen LogP contribution in [0.3, 0.4) is 0 Å². The molecule has 1 fully saturated rings. The van der Waals surface area contributed by atoms with E-state index in [9.17, 15) is 9.59 Å². The zero-order chi connectivity index (χ0) is 22.7. The topological polar surface area (TPSA) is 82.4 Å². The lowest BCUT2D eigenvalue weighted by Gasteiger charge is -2.13. The van der Waals surface area contributed by atoms with Gasteiger partial charge in [0.1, 0.15) is 15.5 Å². The Kier molecular flexibility index (Phi) is 6.54. The highest BCUT2D eigenvalue weighted by molar-refractivity contribution is 8.26. The fourth-order valence-electron chi connectivity index (χ4n) is 3.10. The van der Waals surface area contributed by atoms with Gasteiger partial charge in [0.25, 0.3) is 11.5 Å². The third-order valence-corrected chi connectivity index (χ3v) is 6.06. The van der Waals surface area contributed by atoms with Crippen LogP contribution in [0, 0.1) is 0 Å². The number of methoxy groups -OCH3 is 2. The molecule has 1 saturated heterocycles. The van der Waals surface area contributed by atoms with Gasteiger partial charge in [-0.2, -0.15) is 4.98 Å². The zero-order valence-corrected chi connectivity index (χ0v) is 18.9. The van der Waals surface area contributed by atoms with Crippen molar-refractivity contribution in [3.8, 4) is 17.4 Å². The summed E-state index contributed by atoms with van der Waals surface area (Å²) in [5, 5.41) is 0. The quantitative estimate of drug-likeness (QED) is 0.385. The number of aromatic nitrogens is 2. The first-order valence-electron chi connectivity index (χ1n) is 9.60. The van der Waals surface area contributed by atoms with E-state index >= 15 is 0 Å². The molecule has 10 heteroatoms. The van der Waals surface area contributed by atoms with Gasteiger partial charge in [-0.15, -0.1) is 0 Å². The highest BCUT2D eigenvalue weighted by Crippen LogP contribution is 2.35. The van der Waals surface area contributed by atoms with Crippen LogP contribution in [0.25, 0.3) is 11.7 Å². The number of thiocarbonyl (C=S) groups is 1. The number of hydrogen-bond donors (Lipinski definition) is 0. The van der Waals surface area contributed by atoms with Crippen molar-refractivity contribution in [3.63, 3.8) is 0 Å². The van der Waals surface area contributed by atoms with E-state index in [1.54, 1.807) is 55.8 Å². The average molecular weight is 470 g/mol. The number of benzene rings is 1. The van der Waals surface area contributed by atoms with Crippen LogP contribution in [0.5, 0.6) is 17.4 Å². The monoisotopic (exact) mass is 469 g/mol. The summed E-state index contributed by atoms with van der Waals surface area (Å²) >= 11 is 6.45. The SMILES string of the molecule is COCCN1C(=O)C(=Cc2c(Oc3ccccc3OC)nc3ccccn3c2=O)SC1=S. The molecule has 0 radical (unpaired) electrons. The van der Waals surface area contributed by atoms with E-state index < -0.39 is 0 Å². The van der Waals surface area contributed by atoms with Gasteiger partial charge in [0.2, 0.25) is 5.88 Å². The van der Waals surface area contributed by atoms with Gasteiger partial charge >= 0.3 is 0 Å². The second kappa shape index (κ2) is 9.51. The minimum atomic E-state index is -0.373. The molecule has 0 bridgehead atoms. The van der Waals surface area contributed by atoms with Crippen LogP contribution in [-0.4, -0.2) is 51.9 Å². The maximum absolute atomic E-state index is 13.3. The Labute approximate surface area is 193 Å². The number of carbonyl (C=O) groups is 1. The molecule has 32 heavy (non-hydrogen) atoms. The second-order valence-electron chi connectivity index (χ2n) is 6.64. The molecule has 1 amide bonds. The summed E-state index contributed by atoms with van der Waals surface area (Å²) in [6, 6.07) is 12.2. The number of nitrogens with zero attached hydrogens (tertiary/aromatic N) is 3. The van der Waals surface area contributed by atoms with Gasteiger partial charge in [0, 0.05) is 13.3 Å². The van der Waals surface area contributed by atoms with E-state index in [2.05, 4.69) is 4.98 Å². The van der Waals surface area contributed by atoms with Crippen molar-refractivity contribution in [3.05, 3.63) is 69.5 Å². The van der Waals surface area contributed by atoms with E-state index in [0.717, 1.165) is 11.8 Å². The van der Waals surface area contributed by atoms with Crippen LogP contribution in [0.1, 0.15) is 5.56 Å². The predicted octanol–water partition coefficient (Wildman–Crippen LogP) is 3.34. The molecular formula is C22H19N3O5S2. The largest absolute Gasteiger partial charge is 0.493 e. The van der Waals surface area contributed by atoms with E-state index in [0.29, 0.717) is 39.5 Å². The van der Waals surface area contributed by atoms with Crippen molar-refractivity contribution < 1.29 is 19.0 Å². The Morgan fingerprint density at radius 1 is 1.09 bits per heavy atom. The van der Waals surface area contributed by atoms with E-state index in [4.69, 9.17) is 26.4 Å². The van der Waals surface area contributed by atoms with Gasteiger partial charge in [-0.05, 0) is 30.3 Å². The molecule has 3 heterocycles. The number of hydrogen-bond acceptors (Lipinski definition) is 8. The fourth-order valence-corrected chi connectivity index (χ4v) is 4.39. The predicted molar refractivity (Wildman–Crippen MR) is 126 cm³/mol. The lowest BCUT2D eigenvalue weighted by molar-refractivity contribution is -0.122. The Morgan fingerprint density at radius 3 is 2.59 bits per heavy atom. The fraction of sp³-hybridized carbons (Fsp3) is 0.182. The molecule has 0 unspecified atom stereocenters. The molecule has 1 aliphatic rings. The summed E-state index contributed by atoms with van der Waals surface area (Å²) in [7, 11) is 3.08. The van der Waals surface area contributed by atoms with Gasteiger partial charge in [-0.3, -0.25) is 18.9 Å². The molecule has 1 aliphatic heterocycles. The number of pyridine rings is 1. The van der Waals surface area contributed by atoms with Crippen LogP contribution in [-0.2, 0) is 9.53 Å². The first kappa shape index (κ1) is 22.0. The molecule has 0 aliphatic carbocycles. The van der Waals surface area contributed by atoms with Crippen LogP contribution in [0.4, 0.5) is 0 Å². The Bertz CT molecular complexity index is 1290. The Balaban J connectivity index is 1.83. The number of para-hydroxylation sites is 2. The molecule has 2 aromatic heterocycles. The normalized spacial score (nSPS) is 15.1. The van der Waals surface area contributed by atoms with Crippen LogP contribution < -0.4 is 15.0 Å². The molecule has 3 aromatic rings. The van der Waals surface area contributed by atoms with Gasteiger partial charge in [-0.1, -0.05) is 42.2 Å². The third kappa shape index (κ3) is 4.24. The molecular weight excluding hydrogens is 450 g/mol. The number of rotatable bonds is 7. The first-order chi connectivity index (χ1) is 15.5. The van der Waals surface area contributed by atoms with Crippen LogP contribution >= 0.6 is 24.0 Å². The maximum Gasteiger partial charge on any atom is 0.269 e. The molecule has 0 spiro atoms. The van der Waals surface area contributed by atoms with Gasteiger partial charge < -0.3 is 14.2 Å².